The second-order valence-corrected chi connectivity index (χ2v) is 6.02. The Balaban J connectivity index is 1.83. The van der Waals surface area contributed by atoms with Gasteiger partial charge in [0.05, 0.1) is 30.6 Å². The van der Waals surface area contributed by atoms with E-state index in [9.17, 15) is 0 Å². The monoisotopic (exact) mass is 326 g/mol. The number of nitrogen functional groups attached to an aromatic ring is 1. The molecule has 5 heteroatoms. The Bertz CT molecular complexity index is 814. The van der Waals surface area contributed by atoms with Crippen molar-refractivity contribution >= 4 is 17.0 Å². The van der Waals surface area contributed by atoms with Crippen LogP contribution < -0.4 is 15.2 Å². The minimum absolute atomic E-state index is 0.645. The van der Waals surface area contributed by atoms with Crippen molar-refractivity contribution in [1.29, 1.82) is 0 Å². The van der Waals surface area contributed by atoms with E-state index in [-0.39, 0.29) is 0 Å². The summed E-state index contributed by atoms with van der Waals surface area (Å²) in [7, 11) is 3.29. The van der Waals surface area contributed by atoms with Gasteiger partial charge in [-0.25, -0.2) is 4.98 Å². The first-order valence-corrected chi connectivity index (χ1v) is 8.09. The zero-order chi connectivity index (χ0) is 16.2. The third-order valence-electron chi connectivity index (χ3n) is 3.58. The number of anilines is 1. The molecular weight excluding hydrogens is 308 g/mol. The first-order chi connectivity index (χ1) is 11.2. The molecule has 2 aromatic carbocycles. The number of ether oxygens (including phenoxy) is 2. The van der Waals surface area contributed by atoms with Gasteiger partial charge in [-0.05, 0) is 29.8 Å². The molecule has 0 fully saturated rings. The van der Waals surface area contributed by atoms with Crippen molar-refractivity contribution in [3.05, 3.63) is 58.4 Å². The van der Waals surface area contributed by atoms with Crippen LogP contribution in [0.1, 0.15) is 10.6 Å². The van der Waals surface area contributed by atoms with Crippen LogP contribution in [-0.4, -0.2) is 19.2 Å². The van der Waals surface area contributed by atoms with Crippen molar-refractivity contribution in [2.45, 2.75) is 6.42 Å². The van der Waals surface area contributed by atoms with Gasteiger partial charge in [0.15, 0.2) is 0 Å². The maximum Gasteiger partial charge on any atom is 0.141 e. The summed E-state index contributed by atoms with van der Waals surface area (Å²) in [5, 5.41) is 3.09. The van der Waals surface area contributed by atoms with Crippen molar-refractivity contribution in [3.8, 4) is 22.8 Å². The largest absolute Gasteiger partial charge is 0.496 e. The number of nitrogens with two attached hydrogens (primary N) is 1. The molecule has 23 heavy (non-hydrogen) atoms. The summed E-state index contributed by atoms with van der Waals surface area (Å²) in [6, 6.07) is 13.7. The fraction of sp³-hybridized carbons (Fsp3) is 0.167. The molecule has 0 spiro atoms. The fourth-order valence-corrected chi connectivity index (χ4v) is 3.27. The molecule has 0 saturated carbocycles. The van der Waals surface area contributed by atoms with Crippen LogP contribution >= 0.6 is 11.3 Å². The molecule has 0 saturated heterocycles. The van der Waals surface area contributed by atoms with Gasteiger partial charge >= 0.3 is 0 Å². The Labute approximate surface area is 139 Å². The third kappa shape index (κ3) is 3.29. The topological polar surface area (TPSA) is 57.4 Å². The van der Waals surface area contributed by atoms with Crippen molar-refractivity contribution in [2.75, 3.05) is 20.0 Å². The van der Waals surface area contributed by atoms with Crippen LogP contribution in [0.15, 0.2) is 47.8 Å². The molecular formula is C18H18N2O2S. The highest BCUT2D eigenvalue weighted by Crippen LogP contribution is 2.31. The summed E-state index contributed by atoms with van der Waals surface area (Å²) in [4.78, 5) is 4.72. The average molecular weight is 326 g/mol. The van der Waals surface area contributed by atoms with E-state index in [0.717, 1.165) is 34.0 Å². The van der Waals surface area contributed by atoms with E-state index in [1.54, 1.807) is 25.6 Å². The van der Waals surface area contributed by atoms with Crippen LogP contribution in [-0.2, 0) is 6.42 Å². The third-order valence-corrected chi connectivity index (χ3v) is 4.43. The van der Waals surface area contributed by atoms with E-state index in [2.05, 4.69) is 5.38 Å². The zero-order valence-electron chi connectivity index (χ0n) is 13.1. The number of aromatic nitrogens is 1. The van der Waals surface area contributed by atoms with E-state index >= 15 is 0 Å². The average Bonchev–Trinajstić information content (AvgIpc) is 3.03. The summed E-state index contributed by atoms with van der Waals surface area (Å²) >= 11 is 1.64. The Hall–Kier alpha value is -2.53. The Morgan fingerprint density at radius 1 is 1.04 bits per heavy atom. The van der Waals surface area contributed by atoms with Crippen molar-refractivity contribution in [3.63, 3.8) is 0 Å². The van der Waals surface area contributed by atoms with Gasteiger partial charge in [0.2, 0.25) is 0 Å². The van der Waals surface area contributed by atoms with Gasteiger partial charge in [0.25, 0.3) is 0 Å². The minimum atomic E-state index is 0.645. The number of nitrogens with zero attached hydrogens (tertiary/aromatic N) is 1. The molecule has 0 atom stereocenters. The van der Waals surface area contributed by atoms with Crippen LogP contribution in [0.2, 0.25) is 0 Å². The number of thiazole rings is 1. The quantitative estimate of drug-likeness (QED) is 0.720. The smallest absolute Gasteiger partial charge is 0.141 e. The SMILES string of the molecule is COc1ccc(Cc2nc(-c3ccccc3OC)cs2)cc1N. The van der Waals surface area contributed by atoms with Crippen LogP contribution in [0.4, 0.5) is 5.69 Å². The van der Waals surface area contributed by atoms with Crippen molar-refractivity contribution < 1.29 is 9.47 Å². The normalized spacial score (nSPS) is 10.5. The molecule has 0 aliphatic rings. The van der Waals surface area contributed by atoms with Crippen molar-refractivity contribution in [2.24, 2.45) is 0 Å². The molecule has 2 N–H and O–H groups in total. The lowest BCUT2D eigenvalue weighted by molar-refractivity contribution is 0.416. The van der Waals surface area contributed by atoms with Gasteiger partial charge in [-0.3, -0.25) is 0 Å². The lowest BCUT2D eigenvalue weighted by atomic mass is 10.1. The number of benzene rings is 2. The maximum absolute atomic E-state index is 5.96. The summed E-state index contributed by atoms with van der Waals surface area (Å²) in [5.41, 5.74) is 9.66. The number of hydrogen-bond donors (Lipinski definition) is 1. The first-order valence-electron chi connectivity index (χ1n) is 7.21. The van der Waals surface area contributed by atoms with Gasteiger partial charge in [-0.15, -0.1) is 11.3 Å². The van der Waals surface area contributed by atoms with Gasteiger partial charge in [-0.1, -0.05) is 18.2 Å². The Morgan fingerprint density at radius 2 is 1.83 bits per heavy atom. The summed E-state index contributed by atoms with van der Waals surface area (Å²) < 4.78 is 10.6. The second-order valence-electron chi connectivity index (χ2n) is 5.08. The predicted molar refractivity (Wildman–Crippen MR) is 94.3 cm³/mol. The Morgan fingerprint density at radius 3 is 2.57 bits per heavy atom. The molecule has 3 aromatic rings. The lowest BCUT2D eigenvalue weighted by Crippen LogP contribution is -1.95. The number of para-hydroxylation sites is 1. The highest BCUT2D eigenvalue weighted by molar-refractivity contribution is 7.10. The van der Waals surface area contributed by atoms with E-state index in [4.69, 9.17) is 20.2 Å². The second kappa shape index (κ2) is 6.71. The summed E-state index contributed by atoms with van der Waals surface area (Å²) in [6.45, 7) is 0. The van der Waals surface area contributed by atoms with E-state index in [0.29, 0.717) is 11.4 Å². The molecule has 0 amide bonds. The van der Waals surface area contributed by atoms with Gasteiger partial charge in [0, 0.05) is 17.4 Å². The van der Waals surface area contributed by atoms with Crippen molar-refractivity contribution in [1.82, 2.24) is 4.98 Å². The van der Waals surface area contributed by atoms with E-state index in [1.165, 1.54) is 0 Å². The molecule has 3 rings (SSSR count). The molecule has 0 aliphatic carbocycles. The molecule has 0 radical (unpaired) electrons. The molecule has 0 aliphatic heterocycles. The van der Waals surface area contributed by atoms with Gasteiger partial charge in [-0.2, -0.15) is 0 Å². The predicted octanol–water partition coefficient (Wildman–Crippen LogP) is 4.00. The minimum Gasteiger partial charge on any atom is -0.496 e. The maximum atomic E-state index is 5.96. The first kappa shape index (κ1) is 15.4. The van der Waals surface area contributed by atoms with Gasteiger partial charge in [0.1, 0.15) is 11.5 Å². The lowest BCUT2D eigenvalue weighted by Gasteiger charge is -2.06. The molecule has 1 heterocycles. The molecule has 0 unspecified atom stereocenters. The number of hydrogen-bond acceptors (Lipinski definition) is 5. The molecule has 4 nitrogen and oxygen atoms in total. The van der Waals surface area contributed by atoms with E-state index in [1.807, 2.05) is 42.5 Å². The summed E-state index contributed by atoms with van der Waals surface area (Å²) in [6.07, 6.45) is 0.744. The van der Waals surface area contributed by atoms with Gasteiger partial charge < -0.3 is 15.2 Å². The molecule has 118 valence electrons. The van der Waals surface area contributed by atoms with Crippen LogP contribution in [0.25, 0.3) is 11.3 Å². The standard InChI is InChI=1S/C18H18N2O2S/c1-21-16-6-4-3-5-13(16)15-11-23-18(20-15)10-12-7-8-17(22-2)14(19)9-12/h3-9,11H,10,19H2,1-2H3. The summed E-state index contributed by atoms with van der Waals surface area (Å²) in [5.74, 6) is 1.53. The Kier molecular flexibility index (Phi) is 4.48. The van der Waals surface area contributed by atoms with E-state index < -0.39 is 0 Å². The molecule has 1 aromatic heterocycles. The molecule has 0 bridgehead atoms. The highest BCUT2D eigenvalue weighted by atomic mass is 32.1. The highest BCUT2D eigenvalue weighted by Gasteiger charge is 2.10. The van der Waals surface area contributed by atoms with Crippen LogP contribution in [0.5, 0.6) is 11.5 Å². The van der Waals surface area contributed by atoms with Crippen LogP contribution in [0, 0.1) is 0 Å². The van der Waals surface area contributed by atoms with Crippen LogP contribution in [0.3, 0.4) is 0 Å². The fourth-order valence-electron chi connectivity index (χ4n) is 2.44. The number of rotatable bonds is 5. The zero-order valence-corrected chi connectivity index (χ0v) is 13.9. The number of methoxy groups -OCH3 is 2.